The minimum Gasteiger partial charge on any atom is -0.756 e. The van der Waals surface area contributed by atoms with Crippen LogP contribution in [0.3, 0.4) is 0 Å². The van der Waals surface area contributed by atoms with Crippen LogP contribution in [0.4, 0.5) is 11.9 Å². The number of ether oxygens (including phenoxy) is 2. The monoisotopic (exact) mass is 645 g/mol. The number of aromatic amines is 2. The van der Waals surface area contributed by atoms with Crippen LogP contribution in [0, 0.1) is 0 Å². The van der Waals surface area contributed by atoms with Crippen molar-refractivity contribution in [1.29, 1.82) is 0 Å². The third-order valence-electron chi connectivity index (χ3n) is 6.92. The number of quaternary nitrogens is 1. The molecule has 14 N–H and O–H groups in total. The molecule has 0 aliphatic carbocycles. The normalized spacial score (nSPS) is 30.1. The Balaban J connectivity index is 0.00000384. The molecule has 4 aromatic heterocycles. The van der Waals surface area contributed by atoms with Crippen LogP contribution in [0.2, 0.25) is 0 Å². The summed E-state index contributed by atoms with van der Waals surface area (Å²) in [7, 11) is -5.31. The third-order valence-corrected chi connectivity index (χ3v) is 7.89. The van der Waals surface area contributed by atoms with Crippen molar-refractivity contribution in [2.45, 2.75) is 49.1 Å². The van der Waals surface area contributed by atoms with Gasteiger partial charge in [-0.15, -0.1) is 0 Å². The number of aliphatic hydroxyl groups is 4. The van der Waals surface area contributed by atoms with Gasteiger partial charge in [-0.1, -0.05) is 0 Å². The summed E-state index contributed by atoms with van der Waals surface area (Å²) in [6, 6.07) is 0. The molecule has 0 bridgehead atoms. The summed E-state index contributed by atoms with van der Waals surface area (Å²) >= 11 is 0. The van der Waals surface area contributed by atoms with E-state index < -0.39 is 81.2 Å². The van der Waals surface area contributed by atoms with Gasteiger partial charge in [0.05, 0.1) is 25.9 Å². The number of nitrogens with two attached hydrogens (primary N) is 2. The smallest absolute Gasteiger partial charge is 0.280 e. The van der Waals surface area contributed by atoms with E-state index in [4.69, 9.17) is 30.0 Å². The molecule has 2 fully saturated rings. The van der Waals surface area contributed by atoms with Crippen LogP contribution in [-0.4, -0.2) is 109 Å². The van der Waals surface area contributed by atoms with Gasteiger partial charge in [0.2, 0.25) is 11.9 Å². The lowest BCUT2D eigenvalue weighted by Crippen LogP contribution is -2.38. The highest BCUT2D eigenvalue weighted by molar-refractivity contribution is 7.45. The van der Waals surface area contributed by atoms with Crippen molar-refractivity contribution < 1.29 is 48.4 Å². The Hall–Kier alpha value is -3.87. The molecule has 6 rings (SSSR count). The molecule has 0 aromatic carbocycles. The van der Waals surface area contributed by atoms with E-state index in [1.54, 1.807) is 0 Å². The number of imidazole rings is 2. The molecule has 0 saturated carbocycles. The number of rotatable bonds is 8. The molecule has 2 aliphatic rings. The first-order valence-corrected chi connectivity index (χ1v) is 13.9. The van der Waals surface area contributed by atoms with E-state index in [2.05, 4.69) is 29.9 Å². The molecule has 24 heteroatoms. The molecule has 23 nitrogen and oxygen atoms in total. The molecule has 2 saturated heterocycles. The first-order chi connectivity index (χ1) is 20.4. The van der Waals surface area contributed by atoms with Crippen LogP contribution in [-0.2, 0) is 23.1 Å². The van der Waals surface area contributed by atoms with Crippen molar-refractivity contribution in [1.82, 2.24) is 45.2 Å². The zero-order chi connectivity index (χ0) is 30.8. The molecule has 4 aromatic rings. The fourth-order valence-electron chi connectivity index (χ4n) is 4.93. The van der Waals surface area contributed by atoms with Crippen LogP contribution in [0.25, 0.3) is 22.3 Å². The van der Waals surface area contributed by atoms with Crippen molar-refractivity contribution >= 4 is 42.0 Å². The highest BCUT2D eigenvalue weighted by atomic mass is 31.2. The number of phosphoric ester groups is 1. The predicted octanol–water partition coefficient (Wildman–Crippen LogP) is -4.47. The number of aromatic nitrogens is 8. The molecule has 44 heavy (non-hydrogen) atoms. The lowest BCUT2D eigenvalue weighted by molar-refractivity contribution is -0.236. The SMILES string of the molecule is Nc1nc2c(ncn2[C@@H]2O[C@H](COP(=O)([O-])O[C@H]3[C@@H](O)[C@H](n4cnc5c(=O)[nH]c(N)nc54)O[C@@H]3CO)[C@@H](O)[C@H]2O)c(=O)[nH]1.[NH4+]. The number of hydrogen-bond acceptors (Lipinski definition) is 18. The number of fused-ring (bicyclic) bond motifs is 2. The Labute approximate surface area is 243 Å². The van der Waals surface area contributed by atoms with Gasteiger partial charge in [-0.3, -0.25) is 33.3 Å². The van der Waals surface area contributed by atoms with E-state index in [0.717, 1.165) is 21.8 Å². The number of phosphoric acid groups is 1. The Morgan fingerprint density at radius 3 is 1.93 bits per heavy atom. The Morgan fingerprint density at radius 2 is 1.41 bits per heavy atom. The molecule has 0 spiro atoms. The summed E-state index contributed by atoms with van der Waals surface area (Å²) in [5.41, 5.74) is 9.42. The second kappa shape index (κ2) is 11.6. The Morgan fingerprint density at radius 1 is 0.909 bits per heavy atom. The number of nitrogens with zero attached hydrogens (tertiary/aromatic N) is 6. The number of nitrogen functional groups attached to an aromatic ring is 2. The van der Waals surface area contributed by atoms with Crippen LogP contribution in [0.15, 0.2) is 22.2 Å². The quantitative estimate of drug-likeness (QED) is 0.0815. The molecular formula is C20H28N11O12P. The van der Waals surface area contributed by atoms with E-state index in [9.17, 15) is 39.5 Å². The standard InChI is InChI=1S/C20H25N10O12P.H3N/c21-19-25-13-7(15(35)27-19)23-3-29(13)17-10(33)9(32)6(41-17)2-39-43(37,38)42-12-5(1-31)40-18(11(12)34)30-4-24-8-14(30)26-20(22)28-16(8)36;/h3-6,9-12,17-18,31-34H,1-2H2,(H,37,38)(H3,21,25,27,35)(H3,22,26,28,36);1H3/t5-,6-,9-,10-,11-,12-,17-,18-;/m1./s1. The lowest BCUT2D eigenvalue weighted by atomic mass is 10.1. The molecule has 6 heterocycles. The zero-order valence-corrected chi connectivity index (χ0v) is 23.4. The van der Waals surface area contributed by atoms with Gasteiger partial charge in [-0.25, -0.2) is 9.97 Å². The third kappa shape index (κ3) is 5.35. The van der Waals surface area contributed by atoms with Crippen LogP contribution >= 0.6 is 7.82 Å². The second-order valence-electron chi connectivity index (χ2n) is 9.65. The summed E-state index contributed by atoms with van der Waals surface area (Å²) in [6.07, 6.45) is -10.1. The van der Waals surface area contributed by atoms with E-state index in [0.29, 0.717) is 0 Å². The molecule has 0 amide bonds. The van der Waals surface area contributed by atoms with Gasteiger partial charge in [0, 0.05) is 0 Å². The van der Waals surface area contributed by atoms with Crippen LogP contribution < -0.4 is 33.6 Å². The molecule has 9 atom stereocenters. The van der Waals surface area contributed by atoms with Gasteiger partial charge in [0.25, 0.3) is 18.9 Å². The molecule has 240 valence electrons. The van der Waals surface area contributed by atoms with Crippen molar-refractivity contribution in [2.24, 2.45) is 0 Å². The number of anilines is 2. The maximum atomic E-state index is 12.8. The fraction of sp³-hybridized carbons (Fsp3) is 0.500. The van der Waals surface area contributed by atoms with Gasteiger partial charge in [0.1, 0.15) is 36.6 Å². The summed E-state index contributed by atoms with van der Waals surface area (Å²) in [6.45, 7) is -1.65. The van der Waals surface area contributed by atoms with E-state index >= 15 is 0 Å². The first kappa shape index (κ1) is 31.6. The number of H-pyrrole nitrogens is 2. The number of nitrogens with one attached hydrogen (secondary N) is 2. The minimum absolute atomic E-state index is 0. The topological polar surface area (TPSA) is 374 Å². The van der Waals surface area contributed by atoms with Gasteiger partial charge in [-0.2, -0.15) is 9.97 Å². The molecule has 2 aliphatic heterocycles. The summed E-state index contributed by atoms with van der Waals surface area (Å²) in [5, 5.41) is 41.7. The van der Waals surface area contributed by atoms with Crippen molar-refractivity contribution in [3.63, 3.8) is 0 Å². The van der Waals surface area contributed by atoms with Gasteiger partial charge in [-0.05, 0) is 0 Å². The summed E-state index contributed by atoms with van der Waals surface area (Å²) in [4.78, 5) is 57.1. The number of aliphatic hydroxyl groups excluding tert-OH is 4. The summed E-state index contributed by atoms with van der Waals surface area (Å²) < 4.78 is 36.1. The van der Waals surface area contributed by atoms with Crippen LogP contribution in [0.5, 0.6) is 0 Å². The molecule has 0 radical (unpaired) electrons. The van der Waals surface area contributed by atoms with Gasteiger partial charge >= 0.3 is 0 Å². The highest BCUT2D eigenvalue weighted by Gasteiger charge is 2.49. The van der Waals surface area contributed by atoms with E-state index in [1.807, 2.05) is 0 Å². The number of hydrogen-bond donors (Lipinski definition) is 9. The summed E-state index contributed by atoms with van der Waals surface area (Å²) in [5.74, 6) is -0.497. The Kier molecular flexibility index (Phi) is 8.29. The van der Waals surface area contributed by atoms with Crippen molar-refractivity contribution in [2.75, 3.05) is 24.7 Å². The second-order valence-corrected chi connectivity index (χ2v) is 11.0. The average Bonchev–Trinajstić information content (AvgIpc) is 3.69. The zero-order valence-electron chi connectivity index (χ0n) is 22.5. The first-order valence-electron chi connectivity index (χ1n) is 12.4. The van der Waals surface area contributed by atoms with Crippen molar-refractivity contribution in [3.8, 4) is 0 Å². The highest BCUT2D eigenvalue weighted by Crippen LogP contribution is 2.46. The lowest BCUT2D eigenvalue weighted by Gasteiger charge is -2.30. The maximum Gasteiger partial charge on any atom is 0.280 e. The maximum absolute atomic E-state index is 12.8. The van der Waals surface area contributed by atoms with Gasteiger partial charge < -0.3 is 61.5 Å². The van der Waals surface area contributed by atoms with Crippen molar-refractivity contribution in [3.05, 3.63) is 33.4 Å². The predicted molar refractivity (Wildman–Crippen MR) is 142 cm³/mol. The van der Waals surface area contributed by atoms with E-state index in [1.165, 1.54) is 0 Å². The van der Waals surface area contributed by atoms with Crippen LogP contribution in [0.1, 0.15) is 12.5 Å². The molecule has 1 unspecified atom stereocenters. The molecular weight excluding hydrogens is 617 g/mol. The minimum atomic E-state index is -5.31. The Bertz CT molecular complexity index is 1840. The fourth-order valence-corrected chi connectivity index (χ4v) is 5.87. The van der Waals surface area contributed by atoms with E-state index in [-0.39, 0.29) is 40.4 Å². The van der Waals surface area contributed by atoms with Gasteiger partial charge in [0.15, 0.2) is 34.8 Å². The average molecular weight is 645 g/mol. The largest absolute Gasteiger partial charge is 0.756 e.